The second kappa shape index (κ2) is 13.2. The van der Waals surface area contributed by atoms with Crippen LogP contribution in [0.15, 0.2) is 18.2 Å². The number of carbonyl (C=O) groups excluding carboxylic acids is 3. The molecule has 3 unspecified atom stereocenters. The maximum atomic E-state index is 14.2. The van der Waals surface area contributed by atoms with Crippen molar-refractivity contribution in [3.05, 3.63) is 29.3 Å². The molecule has 8 heteroatoms. The zero-order chi connectivity index (χ0) is 27.9. The summed E-state index contributed by atoms with van der Waals surface area (Å²) < 4.78 is 5.45. The summed E-state index contributed by atoms with van der Waals surface area (Å²) in [6.07, 6.45) is 5.11. The van der Waals surface area contributed by atoms with E-state index in [4.69, 9.17) is 4.74 Å². The molecule has 8 nitrogen and oxygen atoms in total. The van der Waals surface area contributed by atoms with Crippen molar-refractivity contribution in [1.29, 1.82) is 0 Å². The van der Waals surface area contributed by atoms with Crippen LogP contribution in [0.2, 0.25) is 0 Å². The Balaban J connectivity index is 2.49. The van der Waals surface area contributed by atoms with E-state index in [1.165, 1.54) is 0 Å². The van der Waals surface area contributed by atoms with Crippen LogP contribution in [-0.4, -0.2) is 51.6 Å². The smallest absolute Gasteiger partial charge is 0.408 e. The lowest BCUT2D eigenvalue weighted by atomic mass is 9.93. The minimum atomic E-state index is -0.916. The van der Waals surface area contributed by atoms with Crippen molar-refractivity contribution in [3.8, 4) is 5.75 Å². The quantitative estimate of drug-likeness (QED) is 0.408. The fraction of sp³-hybridized carbons (Fsp3) is 0.690. The Hall–Kier alpha value is -2.77. The normalized spacial score (nSPS) is 17.0. The Kier molecular flexibility index (Phi) is 10.8. The fourth-order valence-corrected chi connectivity index (χ4v) is 4.77. The highest BCUT2D eigenvalue weighted by molar-refractivity contribution is 5.92. The van der Waals surface area contributed by atoms with Crippen molar-refractivity contribution in [2.75, 3.05) is 0 Å². The van der Waals surface area contributed by atoms with E-state index in [-0.39, 0.29) is 35.6 Å². The zero-order valence-electron chi connectivity index (χ0n) is 23.9. The van der Waals surface area contributed by atoms with Gasteiger partial charge in [-0.2, -0.15) is 0 Å². The van der Waals surface area contributed by atoms with Gasteiger partial charge >= 0.3 is 6.09 Å². The summed E-state index contributed by atoms with van der Waals surface area (Å²) in [6.45, 7) is 14.7. The van der Waals surface area contributed by atoms with Gasteiger partial charge in [-0.25, -0.2) is 4.79 Å². The van der Waals surface area contributed by atoms with E-state index in [9.17, 15) is 19.5 Å². The molecule has 2 rings (SSSR count). The number of phenols is 1. The van der Waals surface area contributed by atoms with Crippen LogP contribution in [0, 0.1) is 12.8 Å². The summed E-state index contributed by atoms with van der Waals surface area (Å²) in [5.41, 5.74) is 0.525. The van der Waals surface area contributed by atoms with E-state index in [0.717, 1.165) is 32.1 Å². The highest BCUT2D eigenvalue weighted by Crippen LogP contribution is 2.30. The van der Waals surface area contributed by atoms with Gasteiger partial charge < -0.3 is 25.4 Å². The molecule has 3 amide bonds. The lowest BCUT2D eigenvalue weighted by molar-refractivity contribution is -0.146. The van der Waals surface area contributed by atoms with Crippen LogP contribution >= 0.6 is 0 Å². The first-order valence-corrected chi connectivity index (χ1v) is 13.7. The second-order valence-corrected chi connectivity index (χ2v) is 11.6. The van der Waals surface area contributed by atoms with E-state index in [1.54, 1.807) is 50.8 Å². The average Bonchev–Trinajstić information content (AvgIpc) is 2.81. The predicted molar refractivity (Wildman–Crippen MR) is 145 cm³/mol. The number of carbonyl (C=O) groups is 3. The van der Waals surface area contributed by atoms with Crippen molar-refractivity contribution in [2.24, 2.45) is 5.92 Å². The molecule has 37 heavy (non-hydrogen) atoms. The number of rotatable bonds is 9. The number of benzene rings is 1. The van der Waals surface area contributed by atoms with Gasteiger partial charge in [-0.3, -0.25) is 9.59 Å². The highest BCUT2D eigenvalue weighted by atomic mass is 16.6. The number of hydrogen-bond acceptors (Lipinski definition) is 5. The Labute approximate surface area is 222 Å². The lowest BCUT2D eigenvalue weighted by Gasteiger charge is -2.39. The molecule has 0 aliphatic heterocycles. The molecule has 1 aliphatic rings. The molecule has 0 aromatic heterocycles. The molecule has 3 atom stereocenters. The molecule has 1 aromatic carbocycles. The first kappa shape index (κ1) is 30.5. The number of alkyl carbamates (subject to hydrolysis) is 1. The van der Waals surface area contributed by atoms with Gasteiger partial charge in [0.15, 0.2) is 0 Å². The van der Waals surface area contributed by atoms with Gasteiger partial charge in [-0.15, -0.1) is 0 Å². The number of phenolic OH excluding ortho intramolecular Hbond substituents is 1. The summed E-state index contributed by atoms with van der Waals surface area (Å²) in [6, 6.07) is 2.94. The standard InChI is InChI=1S/C29H47N3O5/c1-9-19(4)24(31-28(36)37-29(6,7)8)27(35)32(18(2)3)25(21-15-16-23(33)20(5)17-21)26(34)30-22-13-11-10-12-14-22/h15-19,22,24-25,33H,9-14H2,1-8H3,(H,30,34)(H,31,36). The van der Waals surface area contributed by atoms with Gasteiger partial charge in [0.05, 0.1) is 0 Å². The number of ether oxygens (including phenoxy) is 1. The molecule has 0 spiro atoms. The molecule has 1 aromatic rings. The zero-order valence-corrected chi connectivity index (χ0v) is 23.9. The van der Waals surface area contributed by atoms with E-state index in [1.807, 2.05) is 27.7 Å². The average molecular weight is 518 g/mol. The molecule has 1 aliphatic carbocycles. The van der Waals surface area contributed by atoms with Gasteiger partial charge in [0.2, 0.25) is 11.8 Å². The van der Waals surface area contributed by atoms with Crippen LogP contribution in [0.25, 0.3) is 0 Å². The molecule has 0 saturated heterocycles. The fourth-order valence-electron chi connectivity index (χ4n) is 4.77. The largest absolute Gasteiger partial charge is 0.508 e. The molecular weight excluding hydrogens is 470 g/mol. The monoisotopic (exact) mass is 517 g/mol. The van der Waals surface area contributed by atoms with Crippen LogP contribution < -0.4 is 10.6 Å². The lowest BCUT2D eigenvalue weighted by Crippen LogP contribution is -2.57. The molecule has 3 N–H and O–H groups in total. The van der Waals surface area contributed by atoms with E-state index in [0.29, 0.717) is 17.5 Å². The molecule has 0 heterocycles. The van der Waals surface area contributed by atoms with Crippen molar-refractivity contribution in [3.63, 3.8) is 0 Å². The Morgan fingerprint density at radius 3 is 2.24 bits per heavy atom. The third-order valence-electron chi connectivity index (χ3n) is 6.98. The van der Waals surface area contributed by atoms with Crippen molar-refractivity contribution < 1.29 is 24.2 Å². The number of nitrogens with zero attached hydrogens (tertiary/aromatic N) is 1. The minimum absolute atomic E-state index is 0.0660. The Morgan fingerprint density at radius 2 is 1.73 bits per heavy atom. The Bertz CT molecular complexity index is 934. The molecule has 1 saturated carbocycles. The van der Waals surface area contributed by atoms with Crippen LogP contribution in [0.5, 0.6) is 5.75 Å². The number of nitrogens with one attached hydrogen (secondary N) is 2. The Morgan fingerprint density at radius 1 is 1.11 bits per heavy atom. The topological polar surface area (TPSA) is 108 Å². The van der Waals surface area contributed by atoms with Gasteiger partial charge in [0.25, 0.3) is 0 Å². The molecule has 0 bridgehead atoms. The third kappa shape index (κ3) is 8.64. The van der Waals surface area contributed by atoms with Gasteiger partial charge in [0.1, 0.15) is 23.4 Å². The van der Waals surface area contributed by atoms with Gasteiger partial charge in [0, 0.05) is 12.1 Å². The van der Waals surface area contributed by atoms with Crippen LogP contribution in [0.1, 0.15) is 104 Å². The van der Waals surface area contributed by atoms with Gasteiger partial charge in [-0.05, 0) is 83.6 Å². The summed E-state index contributed by atoms with van der Waals surface area (Å²) >= 11 is 0. The molecule has 208 valence electrons. The van der Waals surface area contributed by atoms with E-state index in [2.05, 4.69) is 10.6 Å². The summed E-state index contributed by atoms with van der Waals surface area (Å²) in [5.74, 6) is -0.657. The predicted octanol–water partition coefficient (Wildman–Crippen LogP) is 5.37. The summed E-state index contributed by atoms with van der Waals surface area (Å²) in [4.78, 5) is 42.3. The van der Waals surface area contributed by atoms with Crippen molar-refractivity contribution in [2.45, 2.75) is 124 Å². The second-order valence-electron chi connectivity index (χ2n) is 11.6. The van der Waals surface area contributed by atoms with Crippen LogP contribution in [0.4, 0.5) is 4.79 Å². The number of aromatic hydroxyl groups is 1. The SMILES string of the molecule is CCC(C)C(NC(=O)OC(C)(C)C)C(=O)N(C(C)C)C(C(=O)NC1CCCCC1)c1ccc(O)c(C)c1. The van der Waals surface area contributed by atoms with Crippen LogP contribution in [-0.2, 0) is 14.3 Å². The highest BCUT2D eigenvalue weighted by Gasteiger charge is 2.40. The summed E-state index contributed by atoms with van der Waals surface area (Å²) in [7, 11) is 0. The van der Waals surface area contributed by atoms with Gasteiger partial charge in [-0.1, -0.05) is 45.6 Å². The minimum Gasteiger partial charge on any atom is -0.508 e. The molecule has 1 fully saturated rings. The maximum absolute atomic E-state index is 14.2. The molecule has 0 radical (unpaired) electrons. The van der Waals surface area contributed by atoms with Crippen molar-refractivity contribution in [1.82, 2.24) is 15.5 Å². The first-order chi connectivity index (χ1) is 17.2. The number of hydrogen-bond donors (Lipinski definition) is 3. The number of aryl methyl sites for hydroxylation is 1. The number of amides is 3. The van der Waals surface area contributed by atoms with Crippen LogP contribution in [0.3, 0.4) is 0 Å². The van der Waals surface area contributed by atoms with Crippen molar-refractivity contribution >= 4 is 17.9 Å². The maximum Gasteiger partial charge on any atom is 0.408 e. The van der Waals surface area contributed by atoms with E-state index < -0.39 is 23.8 Å². The summed E-state index contributed by atoms with van der Waals surface area (Å²) in [5, 5.41) is 16.1. The first-order valence-electron chi connectivity index (χ1n) is 13.7. The third-order valence-corrected chi connectivity index (χ3v) is 6.98. The molecular formula is C29H47N3O5. The van der Waals surface area contributed by atoms with E-state index >= 15 is 0 Å².